The summed E-state index contributed by atoms with van der Waals surface area (Å²) in [5.41, 5.74) is 2.15. The van der Waals surface area contributed by atoms with E-state index >= 15 is 0 Å². The minimum absolute atomic E-state index is 0.0106. The first-order valence-corrected chi connectivity index (χ1v) is 11.6. The van der Waals surface area contributed by atoms with Crippen LogP contribution in [-0.2, 0) is 22.7 Å². The Kier molecular flexibility index (Phi) is 7.18. The molecule has 0 saturated carbocycles. The molecule has 0 aliphatic carbocycles. The van der Waals surface area contributed by atoms with Crippen molar-refractivity contribution in [2.75, 3.05) is 40.4 Å². The molecule has 7 nitrogen and oxygen atoms in total. The summed E-state index contributed by atoms with van der Waals surface area (Å²) in [6, 6.07) is 15.8. The van der Waals surface area contributed by atoms with E-state index in [2.05, 4.69) is 4.90 Å². The topological polar surface area (TPSA) is 62.3 Å². The number of hydrogen-bond donors (Lipinski definition) is 0. The number of rotatable bonds is 7. The van der Waals surface area contributed by atoms with E-state index in [0.29, 0.717) is 25.4 Å². The normalized spacial score (nSPS) is 21.5. The average molecular weight is 452 g/mol. The molecular weight excluding hydrogens is 418 g/mol. The number of piperidine rings is 1. The largest absolute Gasteiger partial charge is 0.493 e. The number of carbonyl (C=O) groups is 2. The molecular formula is C26H33N3O4. The van der Waals surface area contributed by atoms with Gasteiger partial charge in [-0.15, -0.1) is 0 Å². The highest BCUT2D eigenvalue weighted by Crippen LogP contribution is 2.31. The van der Waals surface area contributed by atoms with Crippen LogP contribution in [0.25, 0.3) is 0 Å². The Hall–Kier alpha value is -3.06. The molecule has 2 saturated heterocycles. The minimum Gasteiger partial charge on any atom is -0.493 e. The van der Waals surface area contributed by atoms with Crippen molar-refractivity contribution in [1.29, 1.82) is 0 Å². The maximum absolute atomic E-state index is 13.6. The summed E-state index contributed by atoms with van der Waals surface area (Å²) in [6.45, 7) is 5.30. The van der Waals surface area contributed by atoms with Crippen LogP contribution in [0.2, 0.25) is 0 Å². The van der Waals surface area contributed by atoms with Gasteiger partial charge in [0.15, 0.2) is 11.5 Å². The molecule has 2 aromatic rings. The minimum atomic E-state index is -0.233. The third kappa shape index (κ3) is 5.14. The smallest absolute Gasteiger partial charge is 0.242 e. The van der Waals surface area contributed by atoms with Crippen LogP contribution in [0.15, 0.2) is 48.5 Å². The van der Waals surface area contributed by atoms with E-state index in [1.807, 2.05) is 62.5 Å². The first-order valence-electron chi connectivity index (χ1n) is 11.6. The molecule has 0 bridgehead atoms. The van der Waals surface area contributed by atoms with Crippen LogP contribution in [0.5, 0.6) is 11.5 Å². The van der Waals surface area contributed by atoms with E-state index in [1.54, 1.807) is 16.9 Å². The molecule has 2 aromatic carbocycles. The van der Waals surface area contributed by atoms with Gasteiger partial charge in [0, 0.05) is 39.3 Å². The van der Waals surface area contributed by atoms with E-state index in [1.165, 1.54) is 0 Å². The molecule has 0 unspecified atom stereocenters. The summed E-state index contributed by atoms with van der Waals surface area (Å²) in [7, 11) is 3.48. The Morgan fingerprint density at radius 1 is 1.00 bits per heavy atom. The number of carbonyl (C=O) groups excluding carboxylic acids is 2. The number of amides is 2. The van der Waals surface area contributed by atoms with E-state index in [-0.39, 0.29) is 30.3 Å². The van der Waals surface area contributed by atoms with Crippen molar-refractivity contribution < 1.29 is 19.1 Å². The second-order valence-corrected chi connectivity index (χ2v) is 8.80. The van der Waals surface area contributed by atoms with Gasteiger partial charge in [0.1, 0.15) is 6.54 Å². The fourth-order valence-corrected chi connectivity index (χ4v) is 4.91. The number of likely N-dealkylation sites (N-methyl/N-ethyl adjacent to an activating group) is 1. The molecule has 33 heavy (non-hydrogen) atoms. The Morgan fingerprint density at radius 2 is 1.79 bits per heavy atom. The van der Waals surface area contributed by atoms with Gasteiger partial charge < -0.3 is 19.3 Å². The quantitative estimate of drug-likeness (QED) is 0.648. The maximum Gasteiger partial charge on any atom is 0.242 e. The van der Waals surface area contributed by atoms with Crippen molar-refractivity contribution in [2.24, 2.45) is 5.92 Å². The molecule has 2 aliphatic rings. The van der Waals surface area contributed by atoms with Crippen LogP contribution < -0.4 is 9.47 Å². The maximum atomic E-state index is 13.6. The van der Waals surface area contributed by atoms with Crippen molar-refractivity contribution in [3.63, 3.8) is 0 Å². The Morgan fingerprint density at radius 3 is 2.52 bits per heavy atom. The summed E-state index contributed by atoms with van der Waals surface area (Å²) >= 11 is 0. The van der Waals surface area contributed by atoms with Crippen molar-refractivity contribution in [2.45, 2.75) is 32.5 Å². The zero-order valence-corrected chi connectivity index (χ0v) is 19.7. The zero-order chi connectivity index (χ0) is 23.4. The molecule has 0 N–H and O–H groups in total. The highest BCUT2D eigenvalue weighted by atomic mass is 16.5. The summed E-state index contributed by atoms with van der Waals surface area (Å²) < 4.78 is 11.1. The lowest BCUT2D eigenvalue weighted by Gasteiger charge is -2.40. The van der Waals surface area contributed by atoms with E-state index in [9.17, 15) is 9.59 Å². The molecule has 0 spiro atoms. The third-order valence-electron chi connectivity index (χ3n) is 6.66. The molecule has 2 amide bonds. The van der Waals surface area contributed by atoms with Crippen molar-refractivity contribution in [3.05, 3.63) is 59.7 Å². The van der Waals surface area contributed by atoms with Crippen LogP contribution in [-0.4, -0.2) is 73.0 Å². The standard InChI is InChI=1S/C26H33N3O4/c1-4-33-23-11-10-20(14-24(23)32-3)15-28-13-12-22-21(17-28)26(31)29(18-25(30)27(22)2)16-19-8-6-5-7-9-19/h5-11,14,21-22H,4,12-13,15-18H2,1-3H3/t21-,22+/m0/s1. The monoisotopic (exact) mass is 451 g/mol. The second-order valence-electron chi connectivity index (χ2n) is 8.80. The second kappa shape index (κ2) is 10.3. The molecule has 4 rings (SSSR count). The molecule has 0 radical (unpaired) electrons. The van der Waals surface area contributed by atoms with E-state index < -0.39 is 0 Å². The number of nitrogens with zero attached hydrogens (tertiary/aromatic N) is 3. The highest BCUT2D eigenvalue weighted by Gasteiger charge is 2.43. The number of hydrogen-bond acceptors (Lipinski definition) is 5. The summed E-state index contributed by atoms with van der Waals surface area (Å²) in [6.07, 6.45) is 0.784. The van der Waals surface area contributed by atoms with Crippen LogP contribution in [0.1, 0.15) is 24.5 Å². The molecule has 0 aromatic heterocycles. The van der Waals surface area contributed by atoms with Gasteiger partial charge >= 0.3 is 0 Å². The molecule has 176 valence electrons. The molecule has 2 aliphatic heterocycles. The van der Waals surface area contributed by atoms with Gasteiger partial charge in [-0.3, -0.25) is 14.5 Å². The Bertz CT molecular complexity index is 981. The number of benzene rings is 2. The Balaban J connectivity index is 1.50. The summed E-state index contributed by atoms with van der Waals surface area (Å²) in [4.78, 5) is 32.2. The molecule has 2 heterocycles. The predicted molar refractivity (Wildman–Crippen MR) is 126 cm³/mol. The van der Waals surface area contributed by atoms with Crippen molar-refractivity contribution in [3.8, 4) is 11.5 Å². The number of likely N-dealkylation sites (tertiary alicyclic amines) is 1. The first-order chi connectivity index (χ1) is 16.0. The lowest BCUT2D eigenvalue weighted by Crippen LogP contribution is -2.53. The zero-order valence-electron chi connectivity index (χ0n) is 19.7. The van der Waals surface area contributed by atoms with Crippen molar-refractivity contribution in [1.82, 2.24) is 14.7 Å². The average Bonchev–Trinajstić information content (AvgIpc) is 2.91. The number of fused-ring (bicyclic) bond motifs is 1. The Labute approximate surface area is 195 Å². The van der Waals surface area contributed by atoms with Gasteiger partial charge in [0.2, 0.25) is 11.8 Å². The molecule has 7 heteroatoms. The summed E-state index contributed by atoms with van der Waals surface area (Å²) in [5.74, 6) is 1.29. The van der Waals surface area contributed by atoms with Gasteiger partial charge in [-0.1, -0.05) is 36.4 Å². The lowest BCUT2D eigenvalue weighted by molar-refractivity contribution is -0.138. The van der Waals surface area contributed by atoms with Gasteiger partial charge in [0.25, 0.3) is 0 Å². The molecule has 2 fully saturated rings. The predicted octanol–water partition coefficient (Wildman–Crippen LogP) is 2.79. The van der Waals surface area contributed by atoms with Crippen LogP contribution in [0.3, 0.4) is 0 Å². The third-order valence-corrected chi connectivity index (χ3v) is 6.66. The van der Waals surface area contributed by atoms with Gasteiger partial charge in [-0.25, -0.2) is 0 Å². The fourth-order valence-electron chi connectivity index (χ4n) is 4.91. The number of ether oxygens (including phenoxy) is 2. The van der Waals surface area contributed by atoms with Gasteiger partial charge in [-0.2, -0.15) is 0 Å². The lowest BCUT2D eigenvalue weighted by atomic mass is 9.90. The first kappa shape index (κ1) is 23.1. The van der Waals surface area contributed by atoms with Crippen molar-refractivity contribution >= 4 is 11.8 Å². The van der Waals surface area contributed by atoms with E-state index in [4.69, 9.17) is 9.47 Å². The van der Waals surface area contributed by atoms with E-state index in [0.717, 1.165) is 36.4 Å². The number of methoxy groups -OCH3 is 1. The highest BCUT2D eigenvalue weighted by molar-refractivity contribution is 5.89. The van der Waals surface area contributed by atoms with Crippen LogP contribution in [0.4, 0.5) is 0 Å². The van der Waals surface area contributed by atoms with Gasteiger partial charge in [-0.05, 0) is 36.6 Å². The molecule has 2 atom stereocenters. The fraction of sp³-hybridized carbons (Fsp3) is 0.462. The van der Waals surface area contributed by atoms with Crippen LogP contribution in [0, 0.1) is 5.92 Å². The summed E-state index contributed by atoms with van der Waals surface area (Å²) in [5, 5.41) is 0. The SMILES string of the molecule is CCOc1ccc(CN2CC[C@@H]3[C@H](C2)C(=O)N(Cc2ccccc2)CC(=O)N3C)cc1OC. The van der Waals surface area contributed by atoms with Gasteiger partial charge in [0.05, 0.1) is 19.6 Å². The van der Waals surface area contributed by atoms with Crippen LogP contribution >= 0.6 is 0 Å².